The van der Waals surface area contributed by atoms with Gasteiger partial charge in [0.15, 0.2) is 5.37 Å². The molecule has 0 aromatic heterocycles. The molecule has 1 aromatic rings. The van der Waals surface area contributed by atoms with Gasteiger partial charge in [-0.3, -0.25) is 0 Å². The molecule has 2 rings (SSSR count). The predicted octanol–water partition coefficient (Wildman–Crippen LogP) is 1.20. The Bertz CT molecular complexity index is 493. The summed E-state index contributed by atoms with van der Waals surface area (Å²) in [6.45, 7) is 3.80. The third kappa shape index (κ3) is 2.62. The van der Waals surface area contributed by atoms with E-state index in [0.29, 0.717) is 10.0 Å². The summed E-state index contributed by atoms with van der Waals surface area (Å²) in [6, 6.07) is 4.69. The van der Waals surface area contributed by atoms with Crippen LogP contribution in [0.25, 0.3) is 0 Å². The van der Waals surface area contributed by atoms with Crippen molar-refractivity contribution in [1.29, 1.82) is 0 Å². The Morgan fingerprint density at radius 3 is 2.61 bits per heavy atom. The van der Waals surface area contributed by atoms with Gasteiger partial charge in [0.2, 0.25) is 0 Å². The second kappa shape index (κ2) is 4.93. The molecule has 1 aliphatic heterocycles. The molecule has 98 valence electrons. The number of carboxylic acid groups (broad SMARTS) is 1. The fraction of sp³-hybridized carbons (Fsp3) is 0.417. The van der Waals surface area contributed by atoms with E-state index in [-0.39, 0.29) is 5.37 Å². The summed E-state index contributed by atoms with van der Waals surface area (Å²) in [7, 11) is 0. The lowest BCUT2D eigenvalue weighted by Gasteiger charge is -2.21. The summed E-state index contributed by atoms with van der Waals surface area (Å²) in [5.74, 6) is -1.04. The quantitative estimate of drug-likeness (QED) is 0.893. The van der Waals surface area contributed by atoms with Crippen molar-refractivity contribution in [2.75, 3.05) is 0 Å². The molecule has 2 atom stereocenters. The lowest BCUT2D eigenvalue weighted by Crippen LogP contribution is -2.92. The number of aliphatic carboxylic acids is 1. The number of carbonyl (C=O) groups is 1. The zero-order valence-electron chi connectivity index (χ0n) is 9.94. The Labute approximate surface area is 120 Å². The van der Waals surface area contributed by atoms with Crippen LogP contribution < -0.4 is 10.4 Å². The van der Waals surface area contributed by atoms with E-state index in [0.717, 1.165) is 5.56 Å². The highest BCUT2D eigenvalue weighted by Crippen LogP contribution is 2.42. The van der Waals surface area contributed by atoms with Crippen LogP contribution in [0.4, 0.5) is 0 Å². The van der Waals surface area contributed by atoms with E-state index in [4.69, 9.17) is 23.2 Å². The van der Waals surface area contributed by atoms with E-state index in [2.05, 4.69) is 0 Å². The Morgan fingerprint density at radius 2 is 2.11 bits per heavy atom. The second-order valence-electron chi connectivity index (χ2n) is 4.80. The largest absolute Gasteiger partial charge is 0.544 e. The average molecular weight is 306 g/mol. The van der Waals surface area contributed by atoms with Gasteiger partial charge in [-0.2, -0.15) is 0 Å². The SMILES string of the molecule is CC1(C)S[C@H](c2ccc(Cl)cc2Cl)[NH2+][C@H]1C(=O)[O-]. The van der Waals surface area contributed by atoms with Crippen LogP contribution in [0.1, 0.15) is 24.8 Å². The van der Waals surface area contributed by atoms with Crippen LogP contribution in [-0.2, 0) is 4.79 Å². The first-order valence-corrected chi connectivity index (χ1v) is 7.13. The van der Waals surface area contributed by atoms with Crippen molar-refractivity contribution in [1.82, 2.24) is 0 Å². The summed E-state index contributed by atoms with van der Waals surface area (Å²) in [5.41, 5.74) is 0.892. The van der Waals surface area contributed by atoms with Gasteiger partial charge in [-0.15, -0.1) is 0 Å². The molecule has 1 aromatic carbocycles. The molecule has 2 N–H and O–H groups in total. The molecule has 18 heavy (non-hydrogen) atoms. The van der Waals surface area contributed by atoms with Crippen LogP contribution in [-0.4, -0.2) is 16.8 Å². The van der Waals surface area contributed by atoms with Crippen LogP contribution >= 0.6 is 35.0 Å². The molecule has 1 heterocycles. The highest BCUT2D eigenvalue weighted by molar-refractivity contribution is 8.00. The lowest BCUT2D eigenvalue weighted by molar-refractivity contribution is -0.695. The second-order valence-corrected chi connectivity index (χ2v) is 7.44. The monoisotopic (exact) mass is 305 g/mol. The number of rotatable bonds is 2. The zero-order valence-corrected chi connectivity index (χ0v) is 12.3. The number of hydrogen-bond acceptors (Lipinski definition) is 3. The van der Waals surface area contributed by atoms with Gasteiger partial charge in [0, 0.05) is 10.6 Å². The van der Waals surface area contributed by atoms with Gasteiger partial charge in [-0.1, -0.05) is 35.0 Å². The maximum atomic E-state index is 11.1. The minimum Gasteiger partial charge on any atom is -0.544 e. The van der Waals surface area contributed by atoms with Gasteiger partial charge in [-0.05, 0) is 32.0 Å². The molecular formula is C12H13Cl2NO2S. The van der Waals surface area contributed by atoms with Crippen LogP contribution in [0.2, 0.25) is 10.0 Å². The van der Waals surface area contributed by atoms with Crippen molar-refractivity contribution in [3.63, 3.8) is 0 Å². The maximum absolute atomic E-state index is 11.1. The van der Waals surface area contributed by atoms with Crippen LogP contribution in [0, 0.1) is 0 Å². The summed E-state index contributed by atoms with van der Waals surface area (Å²) >= 11 is 13.6. The molecule has 0 bridgehead atoms. The molecule has 1 aliphatic rings. The average Bonchev–Trinajstić information content (AvgIpc) is 2.54. The molecule has 3 nitrogen and oxygen atoms in total. The van der Waals surface area contributed by atoms with Crippen molar-refractivity contribution < 1.29 is 15.2 Å². The topological polar surface area (TPSA) is 56.7 Å². The number of hydrogen-bond donors (Lipinski definition) is 1. The van der Waals surface area contributed by atoms with Gasteiger partial charge in [0.25, 0.3) is 0 Å². The number of quaternary nitrogens is 1. The Hall–Kier alpha value is -0.420. The molecule has 0 amide bonds. The number of halogens is 2. The van der Waals surface area contributed by atoms with E-state index in [9.17, 15) is 9.90 Å². The normalized spacial score (nSPS) is 26.2. The molecular weight excluding hydrogens is 293 g/mol. The predicted molar refractivity (Wildman–Crippen MR) is 71.6 cm³/mol. The van der Waals surface area contributed by atoms with Crippen molar-refractivity contribution in [2.45, 2.75) is 30.0 Å². The number of carbonyl (C=O) groups excluding carboxylic acids is 1. The van der Waals surface area contributed by atoms with Crippen molar-refractivity contribution >= 4 is 40.9 Å². The highest BCUT2D eigenvalue weighted by atomic mass is 35.5. The van der Waals surface area contributed by atoms with Crippen LogP contribution in [0.5, 0.6) is 0 Å². The van der Waals surface area contributed by atoms with Crippen molar-refractivity contribution in [3.8, 4) is 0 Å². The first-order chi connectivity index (χ1) is 8.31. The highest BCUT2D eigenvalue weighted by Gasteiger charge is 2.46. The molecule has 0 aliphatic carbocycles. The fourth-order valence-corrected chi connectivity index (χ4v) is 4.24. The molecule has 0 radical (unpaired) electrons. The standard InChI is InChI=1S/C12H13Cl2NO2S/c1-12(2)9(11(16)17)15-10(18-12)7-4-3-6(13)5-8(7)14/h3-5,9-10,15H,1-2H3,(H,16,17)/t9-,10+/m0/s1. The number of carboxylic acids is 1. The van der Waals surface area contributed by atoms with E-state index in [1.165, 1.54) is 0 Å². The molecule has 1 fully saturated rings. The van der Waals surface area contributed by atoms with Crippen LogP contribution in [0.3, 0.4) is 0 Å². The van der Waals surface area contributed by atoms with Gasteiger partial charge in [0.1, 0.15) is 12.0 Å². The summed E-state index contributed by atoms with van der Waals surface area (Å²) in [6.07, 6.45) is 0. The van der Waals surface area contributed by atoms with E-state index in [1.54, 1.807) is 29.2 Å². The zero-order chi connectivity index (χ0) is 13.5. The van der Waals surface area contributed by atoms with Gasteiger partial charge in [-0.25, -0.2) is 0 Å². The third-order valence-electron chi connectivity index (χ3n) is 3.07. The number of nitrogens with two attached hydrogens (primary N) is 1. The van der Waals surface area contributed by atoms with Crippen molar-refractivity contribution in [2.24, 2.45) is 0 Å². The maximum Gasteiger partial charge on any atom is 0.161 e. The Balaban J connectivity index is 2.29. The van der Waals surface area contributed by atoms with E-state index in [1.807, 2.05) is 19.9 Å². The Kier molecular flexibility index (Phi) is 3.83. The number of thioether (sulfide) groups is 1. The van der Waals surface area contributed by atoms with Crippen molar-refractivity contribution in [3.05, 3.63) is 33.8 Å². The smallest absolute Gasteiger partial charge is 0.161 e. The fourth-order valence-electron chi connectivity index (χ4n) is 2.11. The molecule has 0 spiro atoms. The first kappa shape index (κ1) is 14.0. The molecule has 0 saturated carbocycles. The van der Waals surface area contributed by atoms with E-state index >= 15 is 0 Å². The number of benzene rings is 1. The van der Waals surface area contributed by atoms with Gasteiger partial charge >= 0.3 is 0 Å². The molecule has 1 saturated heterocycles. The van der Waals surface area contributed by atoms with Crippen LogP contribution in [0.15, 0.2) is 18.2 Å². The minimum atomic E-state index is -1.04. The summed E-state index contributed by atoms with van der Waals surface area (Å²) in [4.78, 5) is 11.1. The minimum absolute atomic E-state index is 0.0485. The molecule has 6 heteroatoms. The van der Waals surface area contributed by atoms with Gasteiger partial charge in [0.05, 0.1) is 9.77 Å². The Morgan fingerprint density at radius 1 is 1.44 bits per heavy atom. The van der Waals surface area contributed by atoms with E-state index < -0.39 is 16.8 Å². The first-order valence-electron chi connectivity index (χ1n) is 5.50. The summed E-state index contributed by atoms with van der Waals surface area (Å²) < 4.78 is -0.396. The van der Waals surface area contributed by atoms with Gasteiger partial charge < -0.3 is 15.2 Å². The lowest BCUT2D eigenvalue weighted by atomic mass is 10.0. The molecule has 0 unspecified atom stereocenters. The summed E-state index contributed by atoms with van der Waals surface area (Å²) in [5, 5.41) is 14.0. The third-order valence-corrected chi connectivity index (χ3v) is 5.16.